The molecule has 2 atom stereocenters. The molecule has 2 heterocycles. The van der Waals surface area contributed by atoms with E-state index >= 15 is 0 Å². The maximum atomic E-state index is 11.9. The number of benzene rings is 1. The average Bonchev–Trinajstić information content (AvgIpc) is 2.60. The molecule has 2 saturated heterocycles. The average molecular weight is 316 g/mol. The number of ether oxygens (including phenoxy) is 1. The molecule has 0 radical (unpaired) electrons. The molecule has 5 heteroatoms. The number of amides is 2. The van der Waals surface area contributed by atoms with Gasteiger partial charge in [-0.1, -0.05) is 24.6 Å². The molecule has 0 aliphatic carbocycles. The third-order valence-electron chi connectivity index (χ3n) is 4.91. The summed E-state index contributed by atoms with van der Waals surface area (Å²) in [5, 5.41) is 2.29. The van der Waals surface area contributed by atoms with Gasteiger partial charge in [0.2, 0.25) is 0 Å². The Kier molecular flexibility index (Phi) is 5.28. The fraction of sp³-hybridized carbons (Fsp3) is 0.556. The van der Waals surface area contributed by atoms with Crippen LogP contribution in [0.2, 0.25) is 0 Å². The van der Waals surface area contributed by atoms with Crippen molar-refractivity contribution in [2.75, 3.05) is 19.7 Å². The van der Waals surface area contributed by atoms with E-state index in [1.807, 2.05) is 6.07 Å². The molecule has 1 aromatic rings. The van der Waals surface area contributed by atoms with Crippen LogP contribution in [0.25, 0.3) is 0 Å². The van der Waals surface area contributed by atoms with E-state index in [9.17, 15) is 9.59 Å². The normalized spacial score (nSPS) is 24.5. The Hall–Kier alpha value is -1.88. The predicted octanol–water partition coefficient (Wildman–Crippen LogP) is 2.82. The van der Waals surface area contributed by atoms with Gasteiger partial charge in [-0.3, -0.25) is 15.0 Å². The number of nitrogens with zero attached hydrogens (tertiary/aromatic N) is 1. The number of alkyl carbamates (subject to hydrolysis) is 1. The highest BCUT2D eigenvalue weighted by Gasteiger charge is 2.33. The van der Waals surface area contributed by atoms with Crippen molar-refractivity contribution in [3.63, 3.8) is 0 Å². The van der Waals surface area contributed by atoms with E-state index in [0.29, 0.717) is 24.1 Å². The molecule has 0 aromatic heterocycles. The highest BCUT2D eigenvalue weighted by atomic mass is 16.5. The summed E-state index contributed by atoms with van der Waals surface area (Å²) in [5.41, 5.74) is 0.459. The third kappa shape index (κ3) is 4.10. The number of imide groups is 1. The molecule has 0 saturated carbocycles. The molecule has 23 heavy (non-hydrogen) atoms. The Morgan fingerprint density at radius 1 is 1.09 bits per heavy atom. The summed E-state index contributed by atoms with van der Waals surface area (Å²) < 4.78 is 5.33. The van der Waals surface area contributed by atoms with Crippen LogP contribution in [0.5, 0.6) is 0 Å². The van der Waals surface area contributed by atoms with Crippen molar-refractivity contribution >= 4 is 12.0 Å². The molecule has 1 aromatic carbocycles. The van der Waals surface area contributed by atoms with Gasteiger partial charge < -0.3 is 4.74 Å². The first-order chi connectivity index (χ1) is 11.2. The van der Waals surface area contributed by atoms with Crippen molar-refractivity contribution in [1.29, 1.82) is 0 Å². The lowest BCUT2D eigenvalue weighted by Crippen LogP contribution is -2.49. The molecule has 0 spiro atoms. The molecule has 0 bridgehead atoms. The van der Waals surface area contributed by atoms with E-state index in [1.165, 1.54) is 32.4 Å². The number of piperidine rings is 2. The molecule has 2 aliphatic rings. The zero-order chi connectivity index (χ0) is 16.1. The molecule has 124 valence electrons. The maximum absolute atomic E-state index is 11.9. The minimum atomic E-state index is -0.646. The van der Waals surface area contributed by atoms with Gasteiger partial charge in [0, 0.05) is 17.5 Å². The summed E-state index contributed by atoms with van der Waals surface area (Å²) >= 11 is 0. The first kappa shape index (κ1) is 16.0. The summed E-state index contributed by atoms with van der Waals surface area (Å²) in [6, 6.07) is 9.23. The first-order valence-corrected chi connectivity index (χ1v) is 8.51. The molecule has 1 N–H and O–H groups in total. The summed E-state index contributed by atoms with van der Waals surface area (Å²) in [6.45, 7) is 2.73. The molecular weight excluding hydrogens is 292 g/mol. The van der Waals surface area contributed by atoms with Gasteiger partial charge >= 0.3 is 6.09 Å². The summed E-state index contributed by atoms with van der Waals surface area (Å²) in [4.78, 5) is 26.3. The van der Waals surface area contributed by atoms with Crippen LogP contribution in [0.15, 0.2) is 30.3 Å². The predicted molar refractivity (Wildman–Crippen MR) is 87.2 cm³/mol. The molecule has 0 unspecified atom stereocenters. The highest BCUT2D eigenvalue weighted by Crippen LogP contribution is 2.30. The van der Waals surface area contributed by atoms with Gasteiger partial charge in [0.25, 0.3) is 5.91 Å². The smallest absolute Gasteiger partial charge is 0.414 e. The van der Waals surface area contributed by atoms with E-state index in [2.05, 4.69) is 10.2 Å². The number of hydrogen-bond acceptors (Lipinski definition) is 4. The monoisotopic (exact) mass is 316 g/mol. The van der Waals surface area contributed by atoms with Crippen LogP contribution >= 0.6 is 0 Å². The standard InChI is InChI=1S/C18H24N2O3/c21-17(14-7-2-1-3-8-14)19-18(22)23-13-15-9-6-12-20-11-5-4-10-16(15)20/h1-3,7-8,15-16H,4-6,9-13H2,(H,19,21,22)/t15-,16-/m0/s1. The second-order valence-electron chi connectivity index (χ2n) is 6.42. The minimum absolute atomic E-state index is 0.390. The Bertz CT molecular complexity index is 544. The van der Waals surface area contributed by atoms with E-state index < -0.39 is 12.0 Å². The molecule has 2 aliphatic heterocycles. The van der Waals surface area contributed by atoms with Crippen molar-refractivity contribution < 1.29 is 14.3 Å². The Balaban J connectivity index is 1.47. The number of nitrogens with one attached hydrogen (secondary N) is 1. The van der Waals surface area contributed by atoms with Crippen LogP contribution in [0.1, 0.15) is 42.5 Å². The van der Waals surface area contributed by atoms with Crippen LogP contribution in [-0.4, -0.2) is 42.6 Å². The van der Waals surface area contributed by atoms with Crippen LogP contribution in [0, 0.1) is 5.92 Å². The van der Waals surface area contributed by atoms with Crippen LogP contribution in [0.3, 0.4) is 0 Å². The zero-order valence-electron chi connectivity index (χ0n) is 13.4. The van der Waals surface area contributed by atoms with E-state index in [0.717, 1.165) is 12.8 Å². The lowest BCUT2D eigenvalue weighted by atomic mass is 9.84. The molecule has 5 nitrogen and oxygen atoms in total. The Morgan fingerprint density at radius 3 is 2.70 bits per heavy atom. The maximum Gasteiger partial charge on any atom is 0.414 e. The van der Waals surface area contributed by atoms with Crippen molar-refractivity contribution in [2.24, 2.45) is 5.92 Å². The number of carbonyl (C=O) groups excluding carboxylic acids is 2. The van der Waals surface area contributed by atoms with Gasteiger partial charge in [-0.15, -0.1) is 0 Å². The lowest BCUT2D eigenvalue weighted by Gasteiger charge is -2.44. The van der Waals surface area contributed by atoms with E-state index in [-0.39, 0.29) is 0 Å². The van der Waals surface area contributed by atoms with Crippen LogP contribution < -0.4 is 5.32 Å². The van der Waals surface area contributed by atoms with Gasteiger partial charge in [-0.05, 0) is 50.9 Å². The molecule has 3 rings (SSSR count). The fourth-order valence-corrected chi connectivity index (χ4v) is 3.74. The topological polar surface area (TPSA) is 58.6 Å². The van der Waals surface area contributed by atoms with Crippen molar-refractivity contribution in [1.82, 2.24) is 10.2 Å². The molecule has 2 amide bonds. The van der Waals surface area contributed by atoms with Gasteiger partial charge in [-0.2, -0.15) is 0 Å². The number of carbonyl (C=O) groups is 2. The Labute approximate surface area is 137 Å². The van der Waals surface area contributed by atoms with Crippen LogP contribution in [0.4, 0.5) is 4.79 Å². The second-order valence-corrected chi connectivity index (χ2v) is 6.42. The Morgan fingerprint density at radius 2 is 1.87 bits per heavy atom. The number of fused-ring (bicyclic) bond motifs is 1. The first-order valence-electron chi connectivity index (χ1n) is 8.51. The second kappa shape index (κ2) is 7.59. The van der Waals surface area contributed by atoms with E-state index in [4.69, 9.17) is 4.74 Å². The summed E-state index contributed by atoms with van der Waals surface area (Å²) in [7, 11) is 0. The fourth-order valence-electron chi connectivity index (χ4n) is 3.74. The zero-order valence-corrected chi connectivity index (χ0v) is 13.4. The molecular formula is C18H24N2O3. The van der Waals surface area contributed by atoms with E-state index in [1.54, 1.807) is 24.3 Å². The van der Waals surface area contributed by atoms with Crippen molar-refractivity contribution in [3.05, 3.63) is 35.9 Å². The van der Waals surface area contributed by atoms with Crippen LogP contribution in [-0.2, 0) is 4.74 Å². The summed E-state index contributed by atoms with van der Waals surface area (Å²) in [5.74, 6) is -0.0276. The van der Waals surface area contributed by atoms with Crippen molar-refractivity contribution in [2.45, 2.75) is 38.1 Å². The minimum Gasteiger partial charge on any atom is -0.449 e. The quantitative estimate of drug-likeness (QED) is 0.931. The lowest BCUT2D eigenvalue weighted by molar-refractivity contribution is 0.0235. The number of hydrogen-bond donors (Lipinski definition) is 1. The highest BCUT2D eigenvalue weighted by molar-refractivity contribution is 6.02. The van der Waals surface area contributed by atoms with Gasteiger partial charge in [0.05, 0.1) is 6.61 Å². The van der Waals surface area contributed by atoms with Gasteiger partial charge in [0.1, 0.15) is 0 Å². The van der Waals surface area contributed by atoms with Gasteiger partial charge in [-0.25, -0.2) is 4.79 Å². The molecule has 2 fully saturated rings. The van der Waals surface area contributed by atoms with Crippen molar-refractivity contribution in [3.8, 4) is 0 Å². The SMILES string of the molecule is O=C(NC(=O)c1ccccc1)OC[C@@H]1CCCN2CCCC[C@@H]12. The summed E-state index contributed by atoms with van der Waals surface area (Å²) in [6.07, 6.45) is 5.34. The van der Waals surface area contributed by atoms with Gasteiger partial charge in [0.15, 0.2) is 0 Å². The number of rotatable bonds is 3. The largest absolute Gasteiger partial charge is 0.449 e. The third-order valence-corrected chi connectivity index (χ3v) is 4.91.